The van der Waals surface area contributed by atoms with E-state index in [0.29, 0.717) is 23.6 Å². The van der Waals surface area contributed by atoms with Crippen molar-refractivity contribution in [2.24, 2.45) is 0 Å². The predicted octanol–water partition coefficient (Wildman–Crippen LogP) is 2.56. The summed E-state index contributed by atoms with van der Waals surface area (Å²) in [5.74, 6) is 0.154. The first kappa shape index (κ1) is 11.2. The third-order valence-corrected chi connectivity index (χ3v) is 2.55. The van der Waals surface area contributed by atoms with Crippen LogP contribution < -0.4 is 4.74 Å². The number of hydrogen-bond acceptors (Lipinski definition) is 2. The summed E-state index contributed by atoms with van der Waals surface area (Å²) in [6.45, 7) is 0.339. The van der Waals surface area contributed by atoms with Crippen LogP contribution in [0.25, 0.3) is 0 Å². The second-order valence-corrected chi connectivity index (χ2v) is 3.59. The lowest BCUT2D eigenvalue weighted by molar-refractivity contribution is 0.410. The average Bonchev–Trinajstić information content (AvgIpc) is 2.79. The lowest BCUT2D eigenvalue weighted by Crippen LogP contribution is -2.03. The Kier molecular flexibility index (Phi) is 3.10. The standard InChI is InChI=1S/C13H11FN2O/c1-17-12-5-4-10(13(14)7-12)9-16-6-2-3-11(16)8-15/h2-7H,9H2,1H3. The molecule has 0 spiro atoms. The van der Waals surface area contributed by atoms with E-state index >= 15 is 0 Å². The molecule has 3 nitrogen and oxygen atoms in total. The molecule has 1 aromatic carbocycles. The van der Waals surface area contributed by atoms with Gasteiger partial charge in [-0.3, -0.25) is 0 Å². The minimum absolute atomic E-state index is 0.332. The molecule has 0 aliphatic heterocycles. The first-order valence-corrected chi connectivity index (χ1v) is 5.12. The van der Waals surface area contributed by atoms with Crippen LogP contribution in [0, 0.1) is 17.1 Å². The zero-order chi connectivity index (χ0) is 12.3. The van der Waals surface area contributed by atoms with Crippen LogP contribution >= 0.6 is 0 Å². The van der Waals surface area contributed by atoms with Gasteiger partial charge in [0, 0.05) is 17.8 Å². The first-order valence-electron chi connectivity index (χ1n) is 5.12. The van der Waals surface area contributed by atoms with Gasteiger partial charge in [-0.1, -0.05) is 6.07 Å². The van der Waals surface area contributed by atoms with Gasteiger partial charge in [0.05, 0.1) is 13.7 Å². The van der Waals surface area contributed by atoms with Gasteiger partial charge in [-0.2, -0.15) is 5.26 Å². The highest BCUT2D eigenvalue weighted by atomic mass is 19.1. The molecule has 0 aliphatic rings. The molecule has 0 saturated heterocycles. The molecule has 4 heteroatoms. The van der Waals surface area contributed by atoms with Gasteiger partial charge in [0.1, 0.15) is 23.3 Å². The van der Waals surface area contributed by atoms with E-state index in [1.165, 1.54) is 13.2 Å². The Morgan fingerprint density at radius 3 is 2.88 bits per heavy atom. The van der Waals surface area contributed by atoms with Crippen LogP contribution in [-0.2, 0) is 6.54 Å². The molecule has 0 unspecified atom stereocenters. The summed E-state index contributed by atoms with van der Waals surface area (Å²) < 4.78 is 20.3. The second kappa shape index (κ2) is 4.71. The molecule has 17 heavy (non-hydrogen) atoms. The maximum Gasteiger partial charge on any atom is 0.131 e. The second-order valence-electron chi connectivity index (χ2n) is 3.59. The number of ether oxygens (including phenoxy) is 1. The highest BCUT2D eigenvalue weighted by Crippen LogP contribution is 2.17. The van der Waals surface area contributed by atoms with Gasteiger partial charge in [-0.25, -0.2) is 4.39 Å². The van der Waals surface area contributed by atoms with Gasteiger partial charge < -0.3 is 9.30 Å². The normalized spacial score (nSPS) is 9.94. The fourth-order valence-electron chi connectivity index (χ4n) is 1.62. The molecule has 0 N–H and O–H groups in total. The van der Waals surface area contributed by atoms with Crippen molar-refractivity contribution in [1.82, 2.24) is 4.57 Å². The number of rotatable bonds is 3. The van der Waals surface area contributed by atoms with Gasteiger partial charge in [0.2, 0.25) is 0 Å². The maximum atomic E-state index is 13.7. The van der Waals surface area contributed by atoms with E-state index in [0.717, 1.165) is 0 Å². The summed E-state index contributed by atoms with van der Waals surface area (Å²) in [6, 6.07) is 10.2. The summed E-state index contributed by atoms with van der Waals surface area (Å²) in [4.78, 5) is 0. The molecule has 2 rings (SSSR count). The van der Waals surface area contributed by atoms with Crippen molar-refractivity contribution < 1.29 is 9.13 Å². The third kappa shape index (κ3) is 2.28. The Labute approximate surface area is 98.7 Å². The molecule has 0 amide bonds. The van der Waals surface area contributed by atoms with E-state index in [1.807, 2.05) is 0 Å². The monoisotopic (exact) mass is 230 g/mol. The molecular weight excluding hydrogens is 219 g/mol. The zero-order valence-electron chi connectivity index (χ0n) is 9.35. The van der Waals surface area contributed by atoms with Gasteiger partial charge in [0.15, 0.2) is 0 Å². The van der Waals surface area contributed by atoms with E-state index in [2.05, 4.69) is 6.07 Å². The van der Waals surface area contributed by atoms with Gasteiger partial charge in [-0.05, 0) is 18.2 Å². The highest BCUT2D eigenvalue weighted by molar-refractivity contribution is 5.30. The van der Waals surface area contributed by atoms with Gasteiger partial charge in [0.25, 0.3) is 0 Å². The SMILES string of the molecule is COc1ccc(Cn2cccc2C#N)c(F)c1. The van der Waals surface area contributed by atoms with Crippen molar-refractivity contribution in [2.75, 3.05) is 7.11 Å². The van der Waals surface area contributed by atoms with Crippen LogP contribution in [-0.4, -0.2) is 11.7 Å². The summed E-state index contributed by atoms with van der Waals surface area (Å²) >= 11 is 0. The molecule has 0 radical (unpaired) electrons. The van der Waals surface area contributed by atoms with E-state index in [-0.39, 0.29) is 5.82 Å². The Bertz CT molecular complexity index is 569. The van der Waals surface area contributed by atoms with E-state index in [9.17, 15) is 4.39 Å². The van der Waals surface area contributed by atoms with Crippen LogP contribution in [0.1, 0.15) is 11.3 Å². The number of nitrogens with zero attached hydrogens (tertiary/aromatic N) is 2. The third-order valence-electron chi connectivity index (χ3n) is 2.55. The van der Waals surface area contributed by atoms with Crippen molar-refractivity contribution in [3.8, 4) is 11.8 Å². The molecule has 0 saturated carbocycles. The van der Waals surface area contributed by atoms with Gasteiger partial charge >= 0.3 is 0 Å². The van der Waals surface area contributed by atoms with E-state index in [1.54, 1.807) is 35.0 Å². The number of aromatic nitrogens is 1. The molecule has 2 aromatic rings. The summed E-state index contributed by atoms with van der Waals surface area (Å²) in [7, 11) is 1.49. The van der Waals surface area contributed by atoms with Crippen molar-refractivity contribution in [3.05, 3.63) is 53.6 Å². The molecule has 0 aliphatic carbocycles. The van der Waals surface area contributed by atoms with Crippen molar-refractivity contribution in [1.29, 1.82) is 5.26 Å². The van der Waals surface area contributed by atoms with E-state index in [4.69, 9.17) is 10.00 Å². The number of nitriles is 1. The molecule has 1 aromatic heterocycles. The van der Waals surface area contributed by atoms with Gasteiger partial charge in [-0.15, -0.1) is 0 Å². The smallest absolute Gasteiger partial charge is 0.131 e. The molecule has 0 fully saturated rings. The summed E-state index contributed by atoms with van der Waals surface area (Å²) in [5, 5.41) is 8.85. The number of hydrogen-bond donors (Lipinski definition) is 0. The Morgan fingerprint density at radius 2 is 2.24 bits per heavy atom. The fourth-order valence-corrected chi connectivity index (χ4v) is 1.62. The van der Waals surface area contributed by atoms with Crippen LogP contribution in [0.5, 0.6) is 5.75 Å². The zero-order valence-corrected chi connectivity index (χ0v) is 9.35. The largest absolute Gasteiger partial charge is 0.497 e. The minimum atomic E-state index is -0.332. The van der Waals surface area contributed by atoms with Crippen molar-refractivity contribution in [3.63, 3.8) is 0 Å². The predicted molar refractivity (Wildman–Crippen MR) is 61.2 cm³/mol. The van der Waals surface area contributed by atoms with Crippen LogP contribution in [0.15, 0.2) is 36.5 Å². The molecule has 0 atom stereocenters. The number of benzene rings is 1. The van der Waals surface area contributed by atoms with Crippen molar-refractivity contribution in [2.45, 2.75) is 6.54 Å². The lowest BCUT2D eigenvalue weighted by Gasteiger charge is -2.07. The quantitative estimate of drug-likeness (QED) is 0.812. The molecular formula is C13H11FN2O. The minimum Gasteiger partial charge on any atom is -0.497 e. The molecule has 1 heterocycles. The van der Waals surface area contributed by atoms with Crippen LogP contribution in [0.4, 0.5) is 4.39 Å². The molecule has 86 valence electrons. The van der Waals surface area contributed by atoms with E-state index < -0.39 is 0 Å². The topological polar surface area (TPSA) is 38.0 Å². The Hall–Kier alpha value is -2.28. The average molecular weight is 230 g/mol. The van der Waals surface area contributed by atoms with Crippen LogP contribution in [0.2, 0.25) is 0 Å². The summed E-state index contributed by atoms with van der Waals surface area (Å²) in [6.07, 6.45) is 1.75. The fraction of sp³-hybridized carbons (Fsp3) is 0.154. The number of methoxy groups -OCH3 is 1. The molecule has 0 bridgehead atoms. The Morgan fingerprint density at radius 1 is 1.41 bits per heavy atom. The van der Waals surface area contributed by atoms with Crippen molar-refractivity contribution >= 4 is 0 Å². The lowest BCUT2D eigenvalue weighted by atomic mass is 10.2. The summed E-state index contributed by atoms with van der Waals surface area (Å²) in [5.41, 5.74) is 1.04. The first-order chi connectivity index (χ1) is 8.24. The maximum absolute atomic E-state index is 13.7. The highest BCUT2D eigenvalue weighted by Gasteiger charge is 2.06. The van der Waals surface area contributed by atoms with Crippen LogP contribution in [0.3, 0.4) is 0 Å². The Balaban J connectivity index is 2.28. The number of halogens is 1.